The fourth-order valence-electron chi connectivity index (χ4n) is 3.58. The maximum absolute atomic E-state index is 12.2. The SMILES string of the molecule is NC1CCCCC1C(=O)NCC1(CO)CCCCC1. The second kappa shape index (κ2) is 6.71. The van der Waals surface area contributed by atoms with Gasteiger partial charge in [-0.25, -0.2) is 0 Å². The van der Waals surface area contributed by atoms with E-state index >= 15 is 0 Å². The number of aliphatic hydroxyl groups is 1. The fraction of sp³-hybridized carbons (Fsp3) is 0.933. The molecule has 2 fully saturated rings. The normalized spacial score (nSPS) is 30.8. The van der Waals surface area contributed by atoms with E-state index in [0.29, 0.717) is 6.54 Å². The van der Waals surface area contributed by atoms with Crippen LogP contribution in [0.15, 0.2) is 0 Å². The molecule has 2 saturated carbocycles. The molecule has 19 heavy (non-hydrogen) atoms. The summed E-state index contributed by atoms with van der Waals surface area (Å²) in [5.74, 6) is 0.0821. The lowest BCUT2D eigenvalue weighted by atomic mass is 9.74. The topological polar surface area (TPSA) is 75.4 Å². The summed E-state index contributed by atoms with van der Waals surface area (Å²) in [6.07, 6.45) is 9.77. The highest BCUT2D eigenvalue weighted by Gasteiger charge is 2.34. The van der Waals surface area contributed by atoms with Gasteiger partial charge < -0.3 is 16.2 Å². The molecule has 2 aliphatic carbocycles. The summed E-state index contributed by atoms with van der Waals surface area (Å²) in [6.45, 7) is 0.801. The third-order valence-corrected chi connectivity index (χ3v) is 5.04. The van der Waals surface area contributed by atoms with E-state index in [2.05, 4.69) is 5.32 Å². The molecule has 110 valence electrons. The number of rotatable bonds is 4. The predicted octanol–water partition coefficient (Wildman–Crippen LogP) is 1.56. The standard InChI is InChI=1S/C15H28N2O2/c16-13-7-3-2-6-12(13)14(19)17-10-15(11-18)8-4-1-5-9-15/h12-13,18H,1-11,16H2,(H,17,19). The molecule has 0 aromatic rings. The monoisotopic (exact) mass is 268 g/mol. The number of aliphatic hydroxyl groups excluding tert-OH is 1. The maximum atomic E-state index is 12.2. The number of carbonyl (C=O) groups is 1. The Morgan fingerprint density at radius 3 is 2.47 bits per heavy atom. The van der Waals surface area contributed by atoms with E-state index in [1.807, 2.05) is 0 Å². The van der Waals surface area contributed by atoms with E-state index < -0.39 is 0 Å². The Balaban J connectivity index is 1.84. The van der Waals surface area contributed by atoms with Crippen molar-refractivity contribution in [2.75, 3.05) is 13.2 Å². The van der Waals surface area contributed by atoms with Gasteiger partial charge in [0.2, 0.25) is 5.91 Å². The third-order valence-electron chi connectivity index (χ3n) is 5.04. The van der Waals surface area contributed by atoms with Crippen LogP contribution in [0.5, 0.6) is 0 Å². The Hall–Kier alpha value is -0.610. The Bertz CT molecular complexity index is 301. The molecular formula is C15H28N2O2. The van der Waals surface area contributed by atoms with E-state index in [9.17, 15) is 9.90 Å². The minimum absolute atomic E-state index is 0.0187. The van der Waals surface area contributed by atoms with Crippen molar-refractivity contribution in [1.82, 2.24) is 5.32 Å². The van der Waals surface area contributed by atoms with Crippen LogP contribution in [-0.2, 0) is 4.79 Å². The highest BCUT2D eigenvalue weighted by atomic mass is 16.3. The number of hydrogen-bond donors (Lipinski definition) is 3. The number of carbonyl (C=O) groups excluding carboxylic acids is 1. The minimum atomic E-state index is -0.0767. The number of amides is 1. The Kier molecular flexibility index (Phi) is 5.22. The molecule has 0 aliphatic heterocycles. The smallest absolute Gasteiger partial charge is 0.224 e. The summed E-state index contributed by atoms with van der Waals surface area (Å²) in [6, 6.07) is 0.0187. The second-order valence-corrected chi connectivity index (χ2v) is 6.49. The highest BCUT2D eigenvalue weighted by molar-refractivity contribution is 5.79. The van der Waals surface area contributed by atoms with E-state index in [0.717, 1.165) is 38.5 Å². The van der Waals surface area contributed by atoms with Crippen LogP contribution in [0.2, 0.25) is 0 Å². The van der Waals surface area contributed by atoms with Crippen LogP contribution in [0, 0.1) is 11.3 Å². The lowest BCUT2D eigenvalue weighted by Crippen LogP contribution is -2.48. The van der Waals surface area contributed by atoms with Crippen molar-refractivity contribution in [3.63, 3.8) is 0 Å². The van der Waals surface area contributed by atoms with E-state index in [1.54, 1.807) is 0 Å². The maximum Gasteiger partial charge on any atom is 0.224 e. The first kappa shape index (κ1) is 14.8. The van der Waals surface area contributed by atoms with Gasteiger partial charge in [0.25, 0.3) is 0 Å². The summed E-state index contributed by atoms with van der Waals surface area (Å²) in [5.41, 5.74) is 5.97. The van der Waals surface area contributed by atoms with Gasteiger partial charge in [-0.2, -0.15) is 0 Å². The zero-order chi connectivity index (χ0) is 13.7. The Morgan fingerprint density at radius 1 is 1.16 bits per heavy atom. The van der Waals surface area contributed by atoms with Gasteiger partial charge in [-0.1, -0.05) is 32.1 Å². The zero-order valence-corrected chi connectivity index (χ0v) is 11.9. The first-order chi connectivity index (χ1) is 9.17. The summed E-state index contributed by atoms with van der Waals surface area (Å²) < 4.78 is 0. The van der Waals surface area contributed by atoms with E-state index in [4.69, 9.17) is 5.73 Å². The quantitative estimate of drug-likeness (QED) is 0.724. The molecular weight excluding hydrogens is 240 g/mol. The van der Waals surface area contributed by atoms with E-state index in [-0.39, 0.29) is 29.9 Å². The van der Waals surface area contributed by atoms with Crippen LogP contribution in [0.4, 0.5) is 0 Å². The van der Waals surface area contributed by atoms with E-state index in [1.165, 1.54) is 19.3 Å². The molecule has 4 N–H and O–H groups in total. The molecule has 4 heteroatoms. The summed E-state index contributed by atoms with van der Waals surface area (Å²) in [5, 5.41) is 12.7. The highest BCUT2D eigenvalue weighted by Crippen LogP contribution is 2.35. The van der Waals surface area contributed by atoms with Gasteiger partial charge in [0.1, 0.15) is 0 Å². The van der Waals surface area contributed by atoms with Crippen LogP contribution in [0.25, 0.3) is 0 Å². The van der Waals surface area contributed by atoms with Crippen LogP contribution in [0.3, 0.4) is 0 Å². The molecule has 1 amide bonds. The Morgan fingerprint density at radius 2 is 1.84 bits per heavy atom. The summed E-state index contributed by atoms with van der Waals surface area (Å²) in [4.78, 5) is 12.2. The number of nitrogens with two attached hydrogens (primary N) is 1. The Labute approximate surface area is 116 Å². The fourth-order valence-corrected chi connectivity index (χ4v) is 3.58. The van der Waals surface area contributed by atoms with Gasteiger partial charge in [-0.05, 0) is 25.7 Å². The van der Waals surface area contributed by atoms with Crippen LogP contribution >= 0.6 is 0 Å². The molecule has 0 aromatic heterocycles. The number of hydrogen-bond acceptors (Lipinski definition) is 3. The van der Waals surface area contributed by atoms with Gasteiger partial charge >= 0.3 is 0 Å². The van der Waals surface area contributed by atoms with Crippen molar-refractivity contribution in [2.24, 2.45) is 17.1 Å². The van der Waals surface area contributed by atoms with Crippen molar-refractivity contribution in [1.29, 1.82) is 0 Å². The van der Waals surface area contributed by atoms with Crippen molar-refractivity contribution < 1.29 is 9.90 Å². The molecule has 0 bridgehead atoms. The molecule has 0 spiro atoms. The van der Waals surface area contributed by atoms with Crippen molar-refractivity contribution in [2.45, 2.75) is 63.8 Å². The third kappa shape index (κ3) is 3.69. The average molecular weight is 268 g/mol. The molecule has 2 unspecified atom stereocenters. The van der Waals surface area contributed by atoms with Crippen molar-refractivity contribution in [3.8, 4) is 0 Å². The van der Waals surface area contributed by atoms with Gasteiger partial charge in [-0.3, -0.25) is 4.79 Å². The van der Waals surface area contributed by atoms with Gasteiger partial charge in [0.05, 0.1) is 12.5 Å². The van der Waals surface area contributed by atoms with Crippen molar-refractivity contribution >= 4 is 5.91 Å². The van der Waals surface area contributed by atoms with Crippen LogP contribution < -0.4 is 11.1 Å². The van der Waals surface area contributed by atoms with Gasteiger partial charge in [-0.15, -0.1) is 0 Å². The van der Waals surface area contributed by atoms with Crippen LogP contribution in [0.1, 0.15) is 57.8 Å². The average Bonchev–Trinajstić information content (AvgIpc) is 2.46. The molecule has 2 atom stereocenters. The molecule has 0 aromatic carbocycles. The molecule has 0 heterocycles. The van der Waals surface area contributed by atoms with Gasteiger partial charge in [0.15, 0.2) is 0 Å². The molecule has 2 rings (SSSR count). The predicted molar refractivity (Wildman–Crippen MR) is 75.5 cm³/mol. The molecule has 2 aliphatic rings. The lowest BCUT2D eigenvalue weighted by molar-refractivity contribution is -0.127. The first-order valence-corrected chi connectivity index (χ1v) is 7.81. The molecule has 4 nitrogen and oxygen atoms in total. The minimum Gasteiger partial charge on any atom is -0.396 e. The molecule has 0 saturated heterocycles. The van der Waals surface area contributed by atoms with Crippen molar-refractivity contribution in [3.05, 3.63) is 0 Å². The van der Waals surface area contributed by atoms with Gasteiger partial charge in [0, 0.05) is 18.0 Å². The van der Waals surface area contributed by atoms with Crippen LogP contribution in [-0.4, -0.2) is 30.2 Å². The first-order valence-electron chi connectivity index (χ1n) is 7.81. The zero-order valence-electron chi connectivity index (χ0n) is 11.9. The summed E-state index contributed by atoms with van der Waals surface area (Å²) in [7, 11) is 0. The lowest BCUT2D eigenvalue weighted by Gasteiger charge is -2.36. The molecule has 0 radical (unpaired) electrons. The second-order valence-electron chi connectivity index (χ2n) is 6.49. The largest absolute Gasteiger partial charge is 0.396 e. The summed E-state index contributed by atoms with van der Waals surface area (Å²) >= 11 is 0. The number of nitrogens with one attached hydrogen (secondary N) is 1.